The third-order valence-corrected chi connectivity index (χ3v) is 6.22. The van der Waals surface area contributed by atoms with Crippen LogP contribution in [0.25, 0.3) is 0 Å². The first-order chi connectivity index (χ1) is 15.7. The van der Waals surface area contributed by atoms with Crippen LogP contribution < -0.4 is 11.1 Å². The highest BCUT2D eigenvalue weighted by Crippen LogP contribution is 2.31. The van der Waals surface area contributed by atoms with Gasteiger partial charge in [-0.05, 0) is 50.8 Å². The van der Waals surface area contributed by atoms with Gasteiger partial charge >= 0.3 is 0 Å². The zero-order valence-electron chi connectivity index (χ0n) is 18.4. The van der Waals surface area contributed by atoms with E-state index in [0.717, 1.165) is 6.07 Å². The largest absolute Gasteiger partial charge is 0.380 e. The van der Waals surface area contributed by atoms with E-state index in [2.05, 4.69) is 15.3 Å². The van der Waals surface area contributed by atoms with Crippen molar-refractivity contribution in [2.75, 3.05) is 19.0 Å². The molecule has 33 heavy (non-hydrogen) atoms. The third-order valence-electron chi connectivity index (χ3n) is 5.90. The van der Waals surface area contributed by atoms with Gasteiger partial charge in [-0.15, -0.1) is 0 Å². The Kier molecular flexibility index (Phi) is 8.04. The first-order valence-corrected chi connectivity index (χ1v) is 11.0. The van der Waals surface area contributed by atoms with E-state index in [9.17, 15) is 18.8 Å². The molecule has 178 valence electrons. The molecule has 2 aromatic rings. The maximum absolute atomic E-state index is 13.3. The van der Waals surface area contributed by atoms with E-state index in [1.807, 2.05) is 6.92 Å². The Morgan fingerprint density at radius 3 is 2.64 bits per heavy atom. The van der Waals surface area contributed by atoms with Crippen LogP contribution in [0.2, 0.25) is 5.02 Å². The lowest BCUT2D eigenvalue weighted by molar-refractivity contribution is -0.121. The minimum Gasteiger partial charge on any atom is -0.380 e. The molecule has 0 spiro atoms. The zero-order chi connectivity index (χ0) is 24.1. The van der Waals surface area contributed by atoms with Gasteiger partial charge in [0.2, 0.25) is 5.91 Å². The first-order valence-electron chi connectivity index (χ1n) is 10.6. The molecule has 1 fully saturated rings. The van der Waals surface area contributed by atoms with Crippen LogP contribution in [0.15, 0.2) is 24.5 Å². The van der Waals surface area contributed by atoms with Gasteiger partial charge in [0.25, 0.3) is 11.8 Å². The molecule has 0 bridgehead atoms. The Balaban J connectivity index is 1.69. The maximum Gasteiger partial charge on any atom is 0.275 e. The average molecular weight is 480 g/mol. The smallest absolute Gasteiger partial charge is 0.275 e. The van der Waals surface area contributed by atoms with Crippen molar-refractivity contribution in [3.63, 3.8) is 0 Å². The predicted octanol–water partition coefficient (Wildman–Crippen LogP) is 2.98. The molecule has 0 saturated heterocycles. The molecule has 1 aliphatic rings. The van der Waals surface area contributed by atoms with Crippen LogP contribution >= 0.6 is 11.6 Å². The third kappa shape index (κ3) is 5.88. The van der Waals surface area contributed by atoms with Gasteiger partial charge in [0.1, 0.15) is 11.5 Å². The molecule has 1 unspecified atom stereocenters. The first kappa shape index (κ1) is 24.7. The van der Waals surface area contributed by atoms with Crippen LogP contribution in [0, 0.1) is 11.7 Å². The van der Waals surface area contributed by atoms with Gasteiger partial charge in [-0.1, -0.05) is 11.6 Å². The molecule has 1 aliphatic carbocycles. The second-order valence-electron chi connectivity index (χ2n) is 8.11. The van der Waals surface area contributed by atoms with E-state index in [0.29, 0.717) is 37.9 Å². The van der Waals surface area contributed by atoms with Crippen LogP contribution in [0.1, 0.15) is 53.6 Å². The molecule has 1 aromatic heterocycles. The van der Waals surface area contributed by atoms with Crippen LogP contribution in [0.5, 0.6) is 0 Å². The number of hydrogen-bond acceptors (Lipinski definition) is 5. The molecule has 1 saturated carbocycles. The second-order valence-corrected chi connectivity index (χ2v) is 8.52. The number of amides is 3. The standard InChI is InChI=1S/C22H27ClFN5O4/c1-12(33-2)10-29(22(32)19-18(20(25)30)26-11-27-19)15-6-3-13(4-7-15)21(31)28-17-8-5-14(24)9-16(17)23/h5,8-9,11-13,15H,3-4,6-7,10H2,1-2H3,(H2,25,30)(H,26,27)(H,28,31)/t12?,13-,15-. The number of carbonyl (C=O) groups excluding carboxylic acids is 3. The van der Waals surface area contributed by atoms with E-state index >= 15 is 0 Å². The highest BCUT2D eigenvalue weighted by atomic mass is 35.5. The van der Waals surface area contributed by atoms with Crippen molar-refractivity contribution in [2.24, 2.45) is 11.7 Å². The number of nitrogens with one attached hydrogen (secondary N) is 2. The quantitative estimate of drug-likeness (QED) is 0.535. The number of hydrogen-bond donors (Lipinski definition) is 3. The fourth-order valence-corrected chi connectivity index (χ4v) is 4.22. The molecule has 9 nitrogen and oxygen atoms in total. The number of ether oxygens (including phenoxy) is 1. The van der Waals surface area contributed by atoms with Gasteiger partial charge in [-0.3, -0.25) is 14.4 Å². The Morgan fingerprint density at radius 1 is 1.33 bits per heavy atom. The Hall–Kier alpha value is -2.98. The lowest BCUT2D eigenvalue weighted by Gasteiger charge is -2.37. The summed E-state index contributed by atoms with van der Waals surface area (Å²) in [6.45, 7) is 2.14. The second kappa shape index (κ2) is 10.8. The van der Waals surface area contributed by atoms with Crippen molar-refractivity contribution in [3.8, 4) is 0 Å². The van der Waals surface area contributed by atoms with E-state index in [4.69, 9.17) is 22.1 Å². The molecule has 11 heteroatoms. The zero-order valence-corrected chi connectivity index (χ0v) is 19.2. The number of anilines is 1. The summed E-state index contributed by atoms with van der Waals surface area (Å²) in [6, 6.07) is 3.64. The van der Waals surface area contributed by atoms with Gasteiger partial charge in [-0.25, -0.2) is 9.37 Å². The van der Waals surface area contributed by atoms with Gasteiger partial charge < -0.3 is 25.7 Å². The van der Waals surface area contributed by atoms with Crippen LogP contribution in [-0.4, -0.2) is 58.4 Å². The van der Waals surface area contributed by atoms with Crippen molar-refractivity contribution in [2.45, 2.75) is 44.8 Å². The number of nitrogens with zero attached hydrogens (tertiary/aromatic N) is 2. The minimum absolute atomic E-state index is 0.0309. The summed E-state index contributed by atoms with van der Waals surface area (Å²) in [7, 11) is 1.55. The number of aromatic amines is 1. The number of halogens is 2. The number of H-pyrrole nitrogens is 1. The number of primary amides is 1. The summed E-state index contributed by atoms with van der Waals surface area (Å²) in [5.41, 5.74) is 5.64. The normalized spacial score (nSPS) is 19.0. The highest BCUT2D eigenvalue weighted by molar-refractivity contribution is 6.33. The predicted molar refractivity (Wildman–Crippen MR) is 120 cm³/mol. The number of rotatable bonds is 8. The lowest BCUT2D eigenvalue weighted by Crippen LogP contribution is -2.47. The van der Waals surface area contributed by atoms with Gasteiger partial charge in [0, 0.05) is 25.6 Å². The number of imidazole rings is 1. The summed E-state index contributed by atoms with van der Waals surface area (Å²) in [5, 5.41) is 2.89. The molecule has 3 amide bonds. The number of nitrogens with two attached hydrogens (primary N) is 1. The molecule has 1 aromatic carbocycles. The lowest BCUT2D eigenvalue weighted by atomic mass is 9.84. The van der Waals surface area contributed by atoms with E-state index in [1.54, 1.807) is 12.0 Å². The number of benzene rings is 1. The van der Waals surface area contributed by atoms with Crippen molar-refractivity contribution in [1.82, 2.24) is 14.9 Å². The topological polar surface area (TPSA) is 130 Å². The van der Waals surface area contributed by atoms with Gasteiger partial charge in [0.05, 0.1) is 23.1 Å². The number of aromatic nitrogens is 2. The van der Waals surface area contributed by atoms with Gasteiger partial charge in [0.15, 0.2) is 5.69 Å². The molecule has 1 atom stereocenters. The summed E-state index contributed by atoms with van der Waals surface area (Å²) in [5.74, 6) is -2.14. The summed E-state index contributed by atoms with van der Waals surface area (Å²) >= 11 is 6.01. The summed E-state index contributed by atoms with van der Waals surface area (Å²) in [6.07, 6.45) is 3.26. The Morgan fingerprint density at radius 2 is 2.03 bits per heavy atom. The molecule has 4 N–H and O–H groups in total. The fourth-order valence-electron chi connectivity index (χ4n) is 4.00. The average Bonchev–Trinajstić information content (AvgIpc) is 3.29. The van der Waals surface area contributed by atoms with Crippen molar-refractivity contribution >= 4 is 35.0 Å². The van der Waals surface area contributed by atoms with E-state index < -0.39 is 17.6 Å². The Labute approximate surface area is 195 Å². The van der Waals surface area contributed by atoms with Gasteiger partial charge in [-0.2, -0.15) is 0 Å². The summed E-state index contributed by atoms with van der Waals surface area (Å²) in [4.78, 5) is 45.9. The molecular weight excluding hydrogens is 453 g/mol. The summed E-state index contributed by atoms with van der Waals surface area (Å²) < 4.78 is 18.6. The molecule has 0 radical (unpaired) electrons. The number of methoxy groups -OCH3 is 1. The highest BCUT2D eigenvalue weighted by Gasteiger charge is 2.34. The SMILES string of the molecule is COC(C)CN(C(=O)c1nc[nH]c1C(N)=O)[C@H]1CC[C@H](C(=O)Nc2ccc(F)cc2Cl)CC1. The number of carbonyl (C=O) groups is 3. The minimum atomic E-state index is -0.768. The van der Waals surface area contributed by atoms with Crippen LogP contribution in [-0.2, 0) is 9.53 Å². The van der Waals surface area contributed by atoms with E-state index in [1.165, 1.54) is 18.5 Å². The van der Waals surface area contributed by atoms with Crippen LogP contribution in [0.3, 0.4) is 0 Å². The fraction of sp³-hybridized carbons (Fsp3) is 0.455. The van der Waals surface area contributed by atoms with Crippen molar-refractivity contribution in [3.05, 3.63) is 46.8 Å². The van der Waals surface area contributed by atoms with Crippen LogP contribution in [0.4, 0.5) is 10.1 Å². The molecule has 0 aliphatic heterocycles. The maximum atomic E-state index is 13.3. The Bertz CT molecular complexity index is 1020. The molecule has 3 rings (SSSR count). The molecule has 1 heterocycles. The van der Waals surface area contributed by atoms with Crippen molar-refractivity contribution < 1.29 is 23.5 Å². The van der Waals surface area contributed by atoms with Crippen molar-refractivity contribution in [1.29, 1.82) is 0 Å². The van der Waals surface area contributed by atoms with E-state index in [-0.39, 0.29) is 40.4 Å². The monoisotopic (exact) mass is 479 g/mol. The molecular formula is C22H27ClFN5O4.